The summed E-state index contributed by atoms with van der Waals surface area (Å²) in [5.41, 5.74) is 6.19. The van der Waals surface area contributed by atoms with Gasteiger partial charge in [-0.3, -0.25) is 0 Å². The lowest BCUT2D eigenvalue weighted by atomic mass is 9.91. The Labute approximate surface area is 100 Å². The summed E-state index contributed by atoms with van der Waals surface area (Å²) in [5.74, 6) is 0. The van der Waals surface area contributed by atoms with Crippen LogP contribution in [0, 0.1) is 0 Å². The lowest BCUT2D eigenvalue weighted by molar-refractivity contribution is 0.0533. The van der Waals surface area contributed by atoms with Crippen molar-refractivity contribution in [2.75, 3.05) is 26.3 Å². The molecule has 1 aliphatic heterocycles. The molecule has 0 amide bonds. The highest BCUT2D eigenvalue weighted by atomic mass is 32.1. The molecular weight excluding hydrogens is 222 g/mol. The zero-order valence-corrected chi connectivity index (χ0v) is 10.3. The normalized spacial score (nSPS) is 19.8. The topological polar surface area (TPSA) is 60.2 Å². The van der Waals surface area contributed by atoms with Crippen molar-refractivity contribution in [1.29, 1.82) is 0 Å². The molecule has 0 saturated carbocycles. The molecule has 5 heteroatoms. The Hall–Kier alpha value is -0.490. The van der Waals surface area contributed by atoms with E-state index >= 15 is 0 Å². The molecule has 4 nitrogen and oxygen atoms in total. The highest BCUT2D eigenvalue weighted by Crippen LogP contribution is 2.16. The average Bonchev–Trinajstić information content (AvgIpc) is 2.78. The maximum absolute atomic E-state index is 6.26. The number of hydrogen-bond acceptors (Lipinski definition) is 5. The van der Waals surface area contributed by atoms with Gasteiger partial charge in [0.15, 0.2) is 0 Å². The van der Waals surface area contributed by atoms with Gasteiger partial charge in [-0.25, -0.2) is 4.98 Å². The second-order valence-corrected chi connectivity index (χ2v) is 5.31. The predicted octanol–water partition coefficient (Wildman–Crippen LogP) is 0.783. The van der Waals surface area contributed by atoms with Crippen molar-refractivity contribution in [3.05, 3.63) is 16.6 Å². The first kappa shape index (κ1) is 12.0. The van der Waals surface area contributed by atoms with Gasteiger partial charge in [-0.15, -0.1) is 11.3 Å². The number of thiazole rings is 1. The van der Waals surface area contributed by atoms with E-state index in [1.165, 1.54) is 5.01 Å². The maximum Gasteiger partial charge on any atom is 0.0937 e. The van der Waals surface area contributed by atoms with Crippen LogP contribution in [0.4, 0.5) is 0 Å². The summed E-state index contributed by atoms with van der Waals surface area (Å²) in [6.07, 6.45) is 4.75. The van der Waals surface area contributed by atoms with Gasteiger partial charge in [-0.2, -0.15) is 0 Å². The van der Waals surface area contributed by atoms with Crippen LogP contribution in [0.5, 0.6) is 0 Å². The second-order valence-electron chi connectivity index (χ2n) is 4.33. The van der Waals surface area contributed by atoms with Crippen molar-refractivity contribution in [2.24, 2.45) is 5.73 Å². The van der Waals surface area contributed by atoms with Crippen molar-refractivity contribution in [1.82, 2.24) is 10.3 Å². The van der Waals surface area contributed by atoms with Crippen LogP contribution in [0.3, 0.4) is 0 Å². The summed E-state index contributed by atoms with van der Waals surface area (Å²) in [5, 5.41) is 6.62. The Bertz CT molecular complexity index is 296. The number of rotatable bonds is 5. The molecule has 2 rings (SSSR count). The summed E-state index contributed by atoms with van der Waals surface area (Å²) in [4.78, 5) is 4.25. The van der Waals surface area contributed by atoms with Crippen LogP contribution in [0.25, 0.3) is 0 Å². The molecule has 0 spiro atoms. The molecule has 0 aliphatic carbocycles. The van der Waals surface area contributed by atoms with E-state index in [1.807, 2.05) is 11.6 Å². The van der Waals surface area contributed by atoms with E-state index in [0.29, 0.717) is 0 Å². The van der Waals surface area contributed by atoms with Crippen LogP contribution in [0.1, 0.15) is 17.8 Å². The molecule has 0 aromatic carbocycles. The number of nitrogens with zero attached hydrogens (tertiary/aromatic N) is 1. The molecule has 2 heterocycles. The standard InChI is InChI=1S/C11H19N3OS/c12-11(2-6-15-7-3-11)9-13-4-1-10-14-5-8-16-10/h5,8,13H,1-4,6-7,9,12H2. The van der Waals surface area contributed by atoms with Crippen LogP contribution in [0.2, 0.25) is 0 Å². The Morgan fingerprint density at radius 1 is 1.50 bits per heavy atom. The quantitative estimate of drug-likeness (QED) is 0.748. The Balaban J connectivity index is 1.63. The zero-order valence-electron chi connectivity index (χ0n) is 9.45. The van der Waals surface area contributed by atoms with E-state index in [9.17, 15) is 0 Å². The number of aromatic nitrogens is 1. The third-order valence-electron chi connectivity index (χ3n) is 2.96. The van der Waals surface area contributed by atoms with E-state index in [1.54, 1.807) is 11.3 Å². The summed E-state index contributed by atoms with van der Waals surface area (Å²) in [6, 6.07) is 0. The number of ether oxygens (including phenoxy) is 1. The van der Waals surface area contributed by atoms with E-state index in [4.69, 9.17) is 10.5 Å². The average molecular weight is 241 g/mol. The first-order chi connectivity index (χ1) is 7.79. The van der Waals surface area contributed by atoms with Crippen molar-refractivity contribution < 1.29 is 4.74 Å². The summed E-state index contributed by atoms with van der Waals surface area (Å²) >= 11 is 1.71. The van der Waals surface area contributed by atoms with Gasteiger partial charge in [0.25, 0.3) is 0 Å². The Morgan fingerprint density at radius 2 is 2.31 bits per heavy atom. The molecule has 0 radical (unpaired) electrons. The minimum absolute atomic E-state index is 0.0683. The molecule has 1 aliphatic rings. The summed E-state index contributed by atoms with van der Waals surface area (Å²) < 4.78 is 5.31. The van der Waals surface area contributed by atoms with Gasteiger partial charge < -0.3 is 15.8 Å². The fourth-order valence-electron chi connectivity index (χ4n) is 1.86. The van der Waals surface area contributed by atoms with Gasteiger partial charge in [0.1, 0.15) is 0 Å². The molecule has 1 aromatic heterocycles. The number of hydrogen-bond donors (Lipinski definition) is 2. The van der Waals surface area contributed by atoms with E-state index in [-0.39, 0.29) is 5.54 Å². The number of nitrogens with two attached hydrogens (primary N) is 1. The molecule has 90 valence electrons. The molecule has 16 heavy (non-hydrogen) atoms. The van der Waals surface area contributed by atoms with E-state index < -0.39 is 0 Å². The van der Waals surface area contributed by atoms with E-state index in [0.717, 1.165) is 45.6 Å². The molecule has 0 atom stereocenters. The predicted molar refractivity (Wildman–Crippen MR) is 65.7 cm³/mol. The fourth-order valence-corrected chi connectivity index (χ4v) is 2.48. The van der Waals surface area contributed by atoms with Gasteiger partial charge in [0.05, 0.1) is 5.01 Å². The Kier molecular flexibility index (Phi) is 4.29. The molecular formula is C11H19N3OS. The maximum atomic E-state index is 6.26. The molecule has 1 saturated heterocycles. The zero-order chi connectivity index (χ0) is 11.3. The lowest BCUT2D eigenvalue weighted by Crippen LogP contribution is -2.52. The molecule has 1 aromatic rings. The first-order valence-corrected chi connectivity index (χ1v) is 6.62. The fraction of sp³-hybridized carbons (Fsp3) is 0.727. The minimum atomic E-state index is -0.0683. The van der Waals surface area contributed by atoms with Crippen molar-refractivity contribution in [2.45, 2.75) is 24.8 Å². The van der Waals surface area contributed by atoms with Crippen LogP contribution in [0.15, 0.2) is 11.6 Å². The molecule has 3 N–H and O–H groups in total. The monoisotopic (exact) mass is 241 g/mol. The van der Waals surface area contributed by atoms with Crippen LogP contribution in [-0.4, -0.2) is 36.8 Å². The van der Waals surface area contributed by atoms with E-state index in [2.05, 4.69) is 10.3 Å². The minimum Gasteiger partial charge on any atom is -0.381 e. The third-order valence-corrected chi connectivity index (χ3v) is 3.80. The summed E-state index contributed by atoms with van der Waals surface area (Å²) in [7, 11) is 0. The first-order valence-electron chi connectivity index (χ1n) is 5.74. The largest absolute Gasteiger partial charge is 0.381 e. The van der Waals surface area contributed by atoms with Gasteiger partial charge in [-0.1, -0.05) is 0 Å². The highest BCUT2D eigenvalue weighted by molar-refractivity contribution is 7.09. The van der Waals surface area contributed by atoms with Crippen LogP contribution < -0.4 is 11.1 Å². The van der Waals surface area contributed by atoms with Gasteiger partial charge >= 0.3 is 0 Å². The van der Waals surface area contributed by atoms with Crippen molar-refractivity contribution in [3.8, 4) is 0 Å². The third kappa shape index (κ3) is 3.52. The molecule has 1 fully saturated rings. The smallest absolute Gasteiger partial charge is 0.0937 e. The second kappa shape index (κ2) is 5.72. The van der Waals surface area contributed by atoms with Crippen molar-refractivity contribution in [3.63, 3.8) is 0 Å². The van der Waals surface area contributed by atoms with Crippen LogP contribution >= 0.6 is 11.3 Å². The van der Waals surface area contributed by atoms with Gasteiger partial charge in [-0.05, 0) is 12.8 Å². The highest BCUT2D eigenvalue weighted by Gasteiger charge is 2.27. The SMILES string of the molecule is NC1(CNCCc2nccs2)CCOCC1. The Morgan fingerprint density at radius 3 is 3.00 bits per heavy atom. The number of nitrogens with one attached hydrogen (secondary N) is 1. The van der Waals surface area contributed by atoms with Crippen molar-refractivity contribution >= 4 is 11.3 Å². The lowest BCUT2D eigenvalue weighted by Gasteiger charge is -2.33. The van der Waals surface area contributed by atoms with Gasteiger partial charge in [0.2, 0.25) is 0 Å². The summed E-state index contributed by atoms with van der Waals surface area (Å²) in [6.45, 7) is 3.42. The van der Waals surface area contributed by atoms with Gasteiger partial charge in [0, 0.05) is 49.8 Å². The molecule has 0 bridgehead atoms. The molecule has 0 unspecified atom stereocenters. The van der Waals surface area contributed by atoms with Crippen LogP contribution in [-0.2, 0) is 11.2 Å².